The first-order valence-electron chi connectivity index (χ1n) is 10.3. The van der Waals surface area contributed by atoms with Crippen molar-refractivity contribution >= 4 is 6.08 Å². The van der Waals surface area contributed by atoms with E-state index in [1.54, 1.807) is 11.1 Å². The lowest BCUT2D eigenvalue weighted by Gasteiger charge is -2.43. The summed E-state index contributed by atoms with van der Waals surface area (Å²) >= 11 is 0. The average molecular weight is 322 g/mol. The largest absolute Gasteiger partial charge is 0.314 e. The summed E-state index contributed by atoms with van der Waals surface area (Å²) < 4.78 is 0. The van der Waals surface area contributed by atoms with E-state index in [0.717, 1.165) is 35.6 Å². The number of hydrogen-bond acceptors (Lipinski definition) is 1. The van der Waals surface area contributed by atoms with Crippen LogP contribution in [-0.2, 0) is 6.42 Å². The highest BCUT2D eigenvalue weighted by Crippen LogP contribution is 2.53. The van der Waals surface area contributed by atoms with Crippen molar-refractivity contribution in [3.05, 3.63) is 41.0 Å². The second kappa shape index (κ2) is 6.02. The molecule has 1 heteroatoms. The van der Waals surface area contributed by atoms with Gasteiger partial charge in [0.15, 0.2) is 0 Å². The highest BCUT2D eigenvalue weighted by Gasteiger charge is 2.47. The van der Waals surface area contributed by atoms with Gasteiger partial charge in [0.25, 0.3) is 0 Å². The van der Waals surface area contributed by atoms with E-state index in [0.29, 0.717) is 0 Å². The van der Waals surface area contributed by atoms with Crippen molar-refractivity contribution < 1.29 is 0 Å². The normalized spacial score (nSPS) is 40.6. The summed E-state index contributed by atoms with van der Waals surface area (Å²) in [5, 5.41) is 3.86. The van der Waals surface area contributed by atoms with E-state index in [1.165, 1.54) is 57.1 Å². The van der Waals surface area contributed by atoms with Crippen molar-refractivity contribution in [1.29, 1.82) is 0 Å². The third kappa shape index (κ3) is 2.56. The van der Waals surface area contributed by atoms with Crippen LogP contribution < -0.4 is 5.32 Å². The molecule has 0 aromatic heterocycles. The van der Waals surface area contributed by atoms with Crippen LogP contribution in [0.25, 0.3) is 6.08 Å². The molecule has 1 aromatic carbocycles. The lowest BCUT2D eigenvalue weighted by Crippen LogP contribution is -2.47. The van der Waals surface area contributed by atoms with Crippen molar-refractivity contribution in [3.63, 3.8) is 0 Å². The van der Waals surface area contributed by atoms with Crippen molar-refractivity contribution in [2.24, 2.45) is 29.6 Å². The van der Waals surface area contributed by atoms with Gasteiger partial charge >= 0.3 is 0 Å². The minimum atomic E-state index is 0.836. The molecule has 0 bridgehead atoms. The minimum Gasteiger partial charge on any atom is -0.314 e. The molecule has 3 aliphatic carbocycles. The van der Waals surface area contributed by atoms with Gasteiger partial charge in [-0.15, -0.1) is 0 Å². The molecule has 1 aliphatic heterocycles. The Hall–Kier alpha value is -1.08. The third-order valence-corrected chi connectivity index (χ3v) is 7.75. The molecule has 3 fully saturated rings. The molecule has 128 valence electrons. The summed E-state index contributed by atoms with van der Waals surface area (Å²) in [5.41, 5.74) is 4.73. The number of hydrogen-bond donors (Lipinski definition) is 1. The van der Waals surface area contributed by atoms with Crippen LogP contribution in [0.2, 0.25) is 0 Å². The average Bonchev–Trinajstić information content (AvgIpc) is 3.14. The Bertz CT molecular complexity index is 645. The summed E-state index contributed by atoms with van der Waals surface area (Å²) in [6.07, 6.45) is 12.4. The van der Waals surface area contributed by atoms with Gasteiger partial charge in [-0.1, -0.05) is 42.8 Å². The van der Waals surface area contributed by atoms with E-state index in [2.05, 4.69) is 42.6 Å². The third-order valence-electron chi connectivity index (χ3n) is 7.75. The van der Waals surface area contributed by atoms with Crippen molar-refractivity contribution in [2.45, 2.75) is 57.9 Å². The van der Waals surface area contributed by atoms with Crippen LogP contribution in [0, 0.1) is 29.6 Å². The van der Waals surface area contributed by atoms with Crippen LogP contribution in [0.1, 0.15) is 56.6 Å². The Morgan fingerprint density at radius 3 is 2.92 bits per heavy atom. The Balaban J connectivity index is 1.32. The molecule has 6 unspecified atom stereocenters. The summed E-state index contributed by atoms with van der Waals surface area (Å²) in [6, 6.07) is 9.82. The van der Waals surface area contributed by atoms with Crippen molar-refractivity contribution in [1.82, 2.24) is 5.32 Å². The Labute approximate surface area is 146 Å². The highest BCUT2D eigenvalue weighted by atomic mass is 14.9. The fourth-order valence-corrected chi connectivity index (χ4v) is 6.63. The smallest absolute Gasteiger partial charge is 0.00982 e. The zero-order valence-electron chi connectivity index (χ0n) is 15.0. The maximum absolute atomic E-state index is 3.86. The molecule has 6 atom stereocenters. The van der Waals surface area contributed by atoms with Crippen LogP contribution in [0.4, 0.5) is 0 Å². The van der Waals surface area contributed by atoms with Gasteiger partial charge in [-0.3, -0.25) is 0 Å². The molecular formula is C23H31N. The summed E-state index contributed by atoms with van der Waals surface area (Å²) in [7, 11) is 0. The van der Waals surface area contributed by atoms with Gasteiger partial charge in [0, 0.05) is 6.04 Å². The molecule has 1 heterocycles. The molecule has 1 nitrogen and oxygen atoms in total. The zero-order valence-corrected chi connectivity index (χ0v) is 15.0. The lowest BCUT2D eigenvalue weighted by atomic mass is 9.67. The second-order valence-electron chi connectivity index (χ2n) is 9.12. The summed E-state index contributed by atoms with van der Waals surface area (Å²) in [4.78, 5) is 0. The van der Waals surface area contributed by atoms with Crippen molar-refractivity contribution in [2.75, 3.05) is 6.54 Å². The number of piperidine rings is 1. The van der Waals surface area contributed by atoms with Crippen LogP contribution in [0.5, 0.6) is 0 Å². The number of nitrogens with one attached hydrogen (secondary N) is 1. The summed E-state index contributed by atoms with van der Waals surface area (Å²) in [6.45, 7) is 3.81. The quantitative estimate of drug-likeness (QED) is 0.802. The molecular weight excluding hydrogens is 290 g/mol. The van der Waals surface area contributed by atoms with Crippen LogP contribution in [0.3, 0.4) is 0 Å². The zero-order chi connectivity index (χ0) is 16.1. The van der Waals surface area contributed by atoms with Crippen LogP contribution in [-0.4, -0.2) is 12.6 Å². The van der Waals surface area contributed by atoms with Gasteiger partial charge in [0.2, 0.25) is 0 Å². The molecule has 1 N–H and O–H groups in total. The monoisotopic (exact) mass is 321 g/mol. The fraction of sp³-hybridized carbons (Fsp3) is 0.652. The maximum Gasteiger partial charge on any atom is 0.00982 e. The van der Waals surface area contributed by atoms with Gasteiger partial charge in [-0.2, -0.15) is 0 Å². The predicted molar refractivity (Wildman–Crippen MR) is 101 cm³/mol. The molecule has 0 radical (unpaired) electrons. The molecule has 1 aromatic rings. The van der Waals surface area contributed by atoms with Gasteiger partial charge in [0.1, 0.15) is 0 Å². The van der Waals surface area contributed by atoms with E-state index in [4.69, 9.17) is 0 Å². The van der Waals surface area contributed by atoms with Gasteiger partial charge < -0.3 is 5.32 Å². The Kier molecular flexibility index (Phi) is 3.81. The number of rotatable bonds is 2. The maximum atomic E-state index is 3.86. The second-order valence-corrected chi connectivity index (χ2v) is 9.12. The first-order chi connectivity index (χ1) is 11.8. The molecule has 5 rings (SSSR count). The topological polar surface area (TPSA) is 12.0 Å². The van der Waals surface area contributed by atoms with Crippen LogP contribution in [0.15, 0.2) is 29.8 Å². The van der Waals surface area contributed by atoms with Gasteiger partial charge in [-0.05, 0) is 92.2 Å². The van der Waals surface area contributed by atoms with Crippen molar-refractivity contribution in [3.8, 4) is 0 Å². The van der Waals surface area contributed by atoms with Gasteiger partial charge in [-0.25, -0.2) is 0 Å². The predicted octanol–water partition coefficient (Wildman–Crippen LogP) is 5.07. The Morgan fingerprint density at radius 1 is 1.08 bits per heavy atom. The van der Waals surface area contributed by atoms with Crippen LogP contribution >= 0.6 is 0 Å². The van der Waals surface area contributed by atoms with E-state index in [9.17, 15) is 0 Å². The van der Waals surface area contributed by atoms with E-state index in [1.807, 2.05) is 0 Å². The molecule has 4 aliphatic rings. The molecule has 0 amide bonds. The molecule has 24 heavy (non-hydrogen) atoms. The molecule has 1 saturated heterocycles. The van der Waals surface area contributed by atoms with Gasteiger partial charge in [0.05, 0.1) is 0 Å². The van der Waals surface area contributed by atoms with E-state index < -0.39 is 0 Å². The fourth-order valence-electron chi connectivity index (χ4n) is 6.63. The number of allylic oxidation sites excluding steroid dienone is 1. The standard InChI is InChI=1S/C23H31N/c1-15-9-20-13-19-7-4-8-24-23(19)14-22(20)21(15)12-16-10-17-5-2-3-6-18(17)11-16/h2-3,5-6,10,15,19-24H,4,7-9,11-14H2,1H3. The minimum absolute atomic E-state index is 0.836. The summed E-state index contributed by atoms with van der Waals surface area (Å²) in [5.74, 6) is 4.85. The molecule has 0 spiro atoms. The number of benzene rings is 1. The Morgan fingerprint density at radius 2 is 2.00 bits per heavy atom. The molecule has 2 saturated carbocycles. The highest BCUT2D eigenvalue weighted by molar-refractivity contribution is 5.63. The SMILES string of the molecule is CC1CC2CC3CCCNC3CC2C1CC1=Cc2ccccc2C1. The first-order valence-corrected chi connectivity index (χ1v) is 10.3. The number of fused-ring (bicyclic) bond motifs is 3. The van der Waals surface area contributed by atoms with E-state index >= 15 is 0 Å². The van der Waals surface area contributed by atoms with E-state index in [-0.39, 0.29) is 0 Å². The lowest BCUT2D eigenvalue weighted by molar-refractivity contribution is 0.106. The first kappa shape index (κ1) is 15.2.